The molecule has 2 atom stereocenters. The van der Waals surface area contributed by atoms with E-state index in [-0.39, 0.29) is 0 Å². The maximum absolute atomic E-state index is 11.6. The molecule has 0 amide bonds. The highest BCUT2D eigenvalue weighted by Gasteiger charge is 2.37. The largest absolute Gasteiger partial charge is 0.465 e. The lowest BCUT2D eigenvalue weighted by atomic mass is 10.2. The van der Waals surface area contributed by atoms with Crippen LogP contribution in [0.5, 0.6) is 0 Å². The molecule has 2 unspecified atom stereocenters. The van der Waals surface area contributed by atoms with Crippen LogP contribution in [0.25, 0.3) is 0 Å². The Balaban J connectivity index is 1.91. The van der Waals surface area contributed by atoms with Crippen LogP contribution < -0.4 is 5.06 Å². The molecule has 1 saturated heterocycles. The van der Waals surface area contributed by atoms with Gasteiger partial charge in [0.25, 0.3) is 0 Å². The Bertz CT molecular complexity index is 619. The number of ether oxygens (including phenoxy) is 1. The lowest BCUT2D eigenvalue weighted by molar-refractivity contribution is -0.441. The number of hydrogen-bond donors (Lipinski definition) is 0. The first-order chi connectivity index (χ1) is 10.8. The van der Waals surface area contributed by atoms with Crippen molar-refractivity contribution >= 4 is 11.7 Å². The Morgan fingerprint density at radius 1 is 1.00 bits per heavy atom. The first-order valence-corrected chi connectivity index (χ1v) is 6.75. The van der Waals surface area contributed by atoms with E-state index in [9.17, 15) is 4.79 Å². The molecule has 0 radical (unpaired) electrons. The third kappa shape index (κ3) is 2.94. The van der Waals surface area contributed by atoms with Gasteiger partial charge in [0.2, 0.25) is 6.23 Å². The number of para-hydroxylation sites is 1. The average molecular weight is 301 g/mol. The molecule has 0 spiro atoms. The Morgan fingerprint density at radius 3 is 2.27 bits per heavy atom. The van der Waals surface area contributed by atoms with Crippen molar-refractivity contribution in [3.63, 3.8) is 0 Å². The molecule has 1 aliphatic rings. The van der Waals surface area contributed by atoms with Crippen molar-refractivity contribution in [2.45, 2.75) is 12.5 Å². The molecule has 1 heterocycles. The second kappa shape index (κ2) is 6.57. The number of carbonyl (C=O) groups excluding carboxylic acids is 1. The molecule has 22 heavy (non-hydrogen) atoms. The Morgan fingerprint density at radius 2 is 1.64 bits per heavy atom. The summed E-state index contributed by atoms with van der Waals surface area (Å²) in [5.41, 5.74) is 1.56. The summed E-state index contributed by atoms with van der Waals surface area (Å²) in [6.45, 7) is 0. The monoisotopic (exact) mass is 301 g/mol. The molecular weight excluding hydrogens is 286 g/mol. The summed E-state index contributed by atoms with van der Waals surface area (Å²) < 4.78 is 4.62. The molecule has 6 nitrogen and oxygen atoms in total. The molecule has 3 rings (SSSR count). The SMILES string of the molecule is COC(=O)C1OOC(c2ccccc2)N(c2ccccc2)O1. The summed E-state index contributed by atoms with van der Waals surface area (Å²) in [5, 5.41) is 1.49. The number of anilines is 1. The molecule has 1 fully saturated rings. The van der Waals surface area contributed by atoms with Crippen LogP contribution in [-0.2, 0) is 24.1 Å². The quantitative estimate of drug-likeness (QED) is 0.641. The summed E-state index contributed by atoms with van der Waals surface area (Å²) in [6, 6.07) is 18.7. The Labute approximate surface area is 127 Å². The molecule has 1 aliphatic heterocycles. The van der Waals surface area contributed by atoms with Crippen molar-refractivity contribution in [3.8, 4) is 0 Å². The zero-order chi connectivity index (χ0) is 15.4. The maximum atomic E-state index is 11.6. The number of hydroxylamine groups is 1. The fourth-order valence-electron chi connectivity index (χ4n) is 2.08. The summed E-state index contributed by atoms with van der Waals surface area (Å²) in [4.78, 5) is 27.6. The minimum atomic E-state index is -1.27. The molecular formula is C16H15NO5. The molecule has 114 valence electrons. The van der Waals surface area contributed by atoms with Gasteiger partial charge < -0.3 is 4.74 Å². The van der Waals surface area contributed by atoms with Crippen LogP contribution in [-0.4, -0.2) is 19.4 Å². The fourth-order valence-corrected chi connectivity index (χ4v) is 2.08. The summed E-state index contributed by atoms with van der Waals surface area (Å²) >= 11 is 0. The molecule has 0 N–H and O–H groups in total. The predicted octanol–water partition coefficient (Wildman–Crippen LogP) is 2.58. The Kier molecular flexibility index (Phi) is 4.34. The zero-order valence-electron chi connectivity index (χ0n) is 11.9. The lowest BCUT2D eigenvalue weighted by Gasteiger charge is -2.37. The van der Waals surface area contributed by atoms with Gasteiger partial charge in [-0.1, -0.05) is 48.5 Å². The highest BCUT2D eigenvalue weighted by molar-refractivity contribution is 5.73. The normalized spacial score (nSPS) is 21.4. The van der Waals surface area contributed by atoms with E-state index in [1.807, 2.05) is 60.7 Å². The summed E-state index contributed by atoms with van der Waals surface area (Å²) in [6.07, 6.45) is -1.91. The van der Waals surface area contributed by atoms with Crippen LogP contribution >= 0.6 is 0 Å². The number of carbonyl (C=O) groups is 1. The van der Waals surface area contributed by atoms with Crippen LogP contribution in [0.4, 0.5) is 5.69 Å². The first kappa shape index (κ1) is 14.5. The molecule has 0 aromatic heterocycles. The van der Waals surface area contributed by atoms with Crippen molar-refractivity contribution in [2.24, 2.45) is 0 Å². The third-order valence-electron chi connectivity index (χ3n) is 3.15. The van der Waals surface area contributed by atoms with Crippen LogP contribution in [0.3, 0.4) is 0 Å². The fraction of sp³-hybridized carbons (Fsp3) is 0.188. The predicted molar refractivity (Wildman–Crippen MR) is 77.2 cm³/mol. The highest BCUT2D eigenvalue weighted by atomic mass is 17.3. The number of nitrogens with zero attached hydrogens (tertiary/aromatic N) is 1. The molecule has 2 aromatic carbocycles. The second-order valence-electron chi connectivity index (χ2n) is 4.58. The van der Waals surface area contributed by atoms with Gasteiger partial charge in [-0.25, -0.2) is 19.6 Å². The number of hydrogen-bond acceptors (Lipinski definition) is 6. The van der Waals surface area contributed by atoms with E-state index in [0.29, 0.717) is 0 Å². The van der Waals surface area contributed by atoms with Crippen LogP contribution in [0, 0.1) is 0 Å². The van der Waals surface area contributed by atoms with Gasteiger partial charge in [0, 0.05) is 5.56 Å². The van der Waals surface area contributed by atoms with Crippen LogP contribution in [0.1, 0.15) is 11.8 Å². The van der Waals surface area contributed by atoms with Gasteiger partial charge in [-0.2, -0.15) is 4.89 Å². The minimum absolute atomic E-state index is 0.635. The van der Waals surface area contributed by atoms with E-state index in [2.05, 4.69) is 4.74 Å². The lowest BCUT2D eigenvalue weighted by Crippen LogP contribution is -2.45. The minimum Gasteiger partial charge on any atom is -0.465 e. The highest BCUT2D eigenvalue weighted by Crippen LogP contribution is 2.33. The number of methoxy groups -OCH3 is 1. The number of benzene rings is 2. The van der Waals surface area contributed by atoms with Crippen molar-refractivity contribution in [1.29, 1.82) is 0 Å². The van der Waals surface area contributed by atoms with E-state index >= 15 is 0 Å². The molecule has 0 saturated carbocycles. The van der Waals surface area contributed by atoms with Crippen LogP contribution in [0.15, 0.2) is 60.7 Å². The standard InChI is InChI=1S/C16H15NO5/c1-19-15(18)16-20-17(13-10-6-3-7-11-13)14(21-22-16)12-8-4-2-5-9-12/h2-11,14,16H,1H3. The van der Waals surface area contributed by atoms with Crippen molar-refractivity contribution in [1.82, 2.24) is 0 Å². The molecule has 6 heteroatoms. The van der Waals surface area contributed by atoms with Gasteiger partial charge in [-0.05, 0) is 12.1 Å². The zero-order valence-corrected chi connectivity index (χ0v) is 11.9. The molecule has 0 aliphatic carbocycles. The van der Waals surface area contributed by atoms with Gasteiger partial charge in [0.05, 0.1) is 12.8 Å². The topological polar surface area (TPSA) is 57.2 Å². The van der Waals surface area contributed by atoms with E-state index < -0.39 is 18.5 Å². The van der Waals surface area contributed by atoms with Gasteiger partial charge in [0.15, 0.2) is 0 Å². The smallest absolute Gasteiger partial charge is 0.368 e. The molecule has 0 bridgehead atoms. The third-order valence-corrected chi connectivity index (χ3v) is 3.15. The first-order valence-electron chi connectivity index (χ1n) is 6.75. The summed E-state index contributed by atoms with van der Waals surface area (Å²) in [5.74, 6) is -0.674. The summed E-state index contributed by atoms with van der Waals surface area (Å²) in [7, 11) is 1.26. The van der Waals surface area contributed by atoms with Crippen molar-refractivity contribution < 1.29 is 24.1 Å². The number of esters is 1. The van der Waals surface area contributed by atoms with Crippen molar-refractivity contribution in [2.75, 3.05) is 12.2 Å². The van der Waals surface area contributed by atoms with E-state index in [1.54, 1.807) is 0 Å². The van der Waals surface area contributed by atoms with Gasteiger partial charge in [-0.15, -0.1) is 0 Å². The average Bonchev–Trinajstić information content (AvgIpc) is 2.62. The van der Waals surface area contributed by atoms with Crippen molar-refractivity contribution in [3.05, 3.63) is 66.2 Å². The maximum Gasteiger partial charge on any atom is 0.368 e. The van der Waals surface area contributed by atoms with E-state index in [1.165, 1.54) is 12.2 Å². The second-order valence-corrected chi connectivity index (χ2v) is 4.58. The van der Waals surface area contributed by atoms with Crippen LogP contribution in [0.2, 0.25) is 0 Å². The van der Waals surface area contributed by atoms with E-state index in [0.717, 1.165) is 11.3 Å². The van der Waals surface area contributed by atoms with Gasteiger partial charge in [-0.3, -0.25) is 0 Å². The van der Waals surface area contributed by atoms with Gasteiger partial charge >= 0.3 is 12.3 Å². The number of rotatable bonds is 3. The van der Waals surface area contributed by atoms with E-state index in [4.69, 9.17) is 14.6 Å². The molecule has 2 aromatic rings. The van der Waals surface area contributed by atoms with Gasteiger partial charge in [0.1, 0.15) is 0 Å². The Hall–Kier alpha value is -2.41.